The average Bonchev–Trinajstić information content (AvgIpc) is 2.47. The van der Waals surface area contributed by atoms with Crippen molar-refractivity contribution in [3.63, 3.8) is 0 Å². The Morgan fingerprint density at radius 3 is 2.92 bits per heavy atom. The van der Waals surface area contributed by atoms with Gasteiger partial charge < -0.3 is 5.11 Å². The summed E-state index contributed by atoms with van der Waals surface area (Å²) >= 11 is 7.55. The summed E-state index contributed by atoms with van der Waals surface area (Å²) in [5.41, 5.74) is 0. The molecule has 0 aliphatic rings. The normalized spacial score (nSPS) is 13.2. The highest BCUT2D eigenvalue weighted by molar-refractivity contribution is 7.10. The number of thiophene rings is 1. The molecular weight excluding hydrogens is 192 g/mol. The molecule has 1 atom stereocenters. The lowest BCUT2D eigenvalue weighted by Crippen LogP contribution is -2.04. The molecule has 1 heterocycles. The summed E-state index contributed by atoms with van der Waals surface area (Å²) in [4.78, 5) is 1.18. The van der Waals surface area contributed by atoms with E-state index in [0.29, 0.717) is 0 Å². The van der Waals surface area contributed by atoms with E-state index in [2.05, 4.69) is 0 Å². The molecule has 0 bridgehead atoms. The molecule has 0 amide bonds. The minimum Gasteiger partial charge on any atom is -0.393 e. The summed E-state index contributed by atoms with van der Waals surface area (Å²) in [6.07, 6.45) is 2.36. The van der Waals surface area contributed by atoms with Gasteiger partial charge in [0.25, 0.3) is 0 Å². The number of hydrogen-bond donors (Lipinski definition) is 1. The first-order valence-electron chi connectivity index (χ1n) is 4.14. The maximum atomic E-state index is 9.31. The van der Waals surface area contributed by atoms with Crippen LogP contribution >= 0.6 is 22.9 Å². The largest absolute Gasteiger partial charge is 0.393 e. The minimum atomic E-state index is -0.178. The van der Waals surface area contributed by atoms with Gasteiger partial charge in [0, 0.05) is 4.88 Å². The van der Waals surface area contributed by atoms with Gasteiger partial charge in [0.15, 0.2) is 0 Å². The Morgan fingerprint density at radius 1 is 1.67 bits per heavy atom. The number of halogens is 1. The Kier molecular flexibility index (Phi) is 4.06. The molecule has 0 aliphatic carbocycles. The lowest BCUT2D eigenvalue weighted by Gasteiger charge is -2.05. The first kappa shape index (κ1) is 10.0. The fourth-order valence-electron chi connectivity index (χ4n) is 1.01. The standard InChI is InChI=1S/C9H13ClOS/c1-2-7(11)3-4-9-8(10)5-6-12-9/h5-7,11H,2-4H2,1H3. The molecule has 1 aromatic rings. The van der Waals surface area contributed by atoms with Crippen molar-refractivity contribution in [2.75, 3.05) is 0 Å². The van der Waals surface area contributed by atoms with Crippen molar-refractivity contribution in [1.29, 1.82) is 0 Å². The van der Waals surface area contributed by atoms with E-state index in [1.165, 1.54) is 4.88 Å². The lowest BCUT2D eigenvalue weighted by atomic mass is 10.1. The SMILES string of the molecule is CCC(O)CCc1sccc1Cl. The van der Waals surface area contributed by atoms with E-state index in [4.69, 9.17) is 11.6 Å². The molecule has 0 saturated heterocycles. The molecule has 1 nitrogen and oxygen atoms in total. The van der Waals surface area contributed by atoms with E-state index in [0.717, 1.165) is 24.3 Å². The zero-order chi connectivity index (χ0) is 8.97. The van der Waals surface area contributed by atoms with Gasteiger partial charge in [0.1, 0.15) is 0 Å². The quantitative estimate of drug-likeness (QED) is 0.799. The third-order valence-corrected chi connectivity index (χ3v) is 3.31. The highest BCUT2D eigenvalue weighted by Gasteiger charge is 2.05. The minimum absolute atomic E-state index is 0.178. The van der Waals surface area contributed by atoms with E-state index in [1.54, 1.807) is 11.3 Å². The highest BCUT2D eigenvalue weighted by Crippen LogP contribution is 2.23. The molecule has 0 radical (unpaired) electrons. The fraction of sp³-hybridized carbons (Fsp3) is 0.556. The van der Waals surface area contributed by atoms with Crippen LogP contribution in [0.2, 0.25) is 5.02 Å². The van der Waals surface area contributed by atoms with Crippen LogP contribution < -0.4 is 0 Å². The second-order valence-corrected chi connectivity index (χ2v) is 4.20. The smallest absolute Gasteiger partial charge is 0.0545 e. The topological polar surface area (TPSA) is 20.2 Å². The first-order valence-corrected chi connectivity index (χ1v) is 5.39. The van der Waals surface area contributed by atoms with Gasteiger partial charge in [-0.3, -0.25) is 0 Å². The summed E-state index contributed by atoms with van der Waals surface area (Å²) in [6, 6.07) is 1.90. The maximum absolute atomic E-state index is 9.31. The predicted octanol–water partition coefficient (Wildman–Crippen LogP) is 3.11. The van der Waals surface area contributed by atoms with Crippen molar-refractivity contribution in [3.05, 3.63) is 21.3 Å². The van der Waals surface area contributed by atoms with Gasteiger partial charge in [0.05, 0.1) is 11.1 Å². The van der Waals surface area contributed by atoms with Crippen LogP contribution in [0.15, 0.2) is 11.4 Å². The van der Waals surface area contributed by atoms with Gasteiger partial charge >= 0.3 is 0 Å². The van der Waals surface area contributed by atoms with Crippen molar-refractivity contribution >= 4 is 22.9 Å². The van der Waals surface area contributed by atoms with Crippen LogP contribution in [0.3, 0.4) is 0 Å². The van der Waals surface area contributed by atoms with Crippen LogP contribution in [-0.4, -0.2) is 11.2 Å². The van der Waals surface area contributed by atoms with E-state index in [9.17, 15) is 5.11 Å². The van der Waals surface area contributed by atoms with Crippen molar-refractivity contribution < 1.29 is 5.11 Å². The maximum Gasteiger partial charge on any atom is 0.0545 e. The predicted molar refractivity (Wildman–Crippen MR) is 53.9 cm³/mol. The molecule has 3 heteroatoms. The molecule has 1 rings (SSSR count). The van der Waals surface area contributed by atoms with Gasteiger partial charge in [-0.1, -0.05) is 18.5 Å². The fourth-order valence-corrected chi connectivity index (χ4v) is 2.16. The summed E-state index contributed by atoms with van der Waals surface area (Å²) in [5.74, 6) is 0. The second kappa shape index (κ2) is 4.85. The van der Waals surface area contributed by atoms with Gasteiger partial charge in [-0.15, -0.1) is 11.3 Å². The molecule has 0 fully saturated rings. The van der Waals surface area contributed by atoms with E-state index in [-0.39, 0.29) is 6.10 Å². The van der Waals surface area contributed by atoms with Crippen molar-refractivity contribution in [2.24, 2.45) is 0 Å². The van der Waals surface area contributed by atoms with Crippen molar-refractivity contribution in [1.82, 2.24) is 0 Å². The summed E-state index contributed by atoms with van der Waals surface area (Å²) in [6.45, 7) is 1.99. The Bertz CT molecular complexity index is 234. The highest BCUT2D eigenvalue weighted by atomic mass is 35.5. The third kappa shape index (κ3) is 2.77. The van der Waals surface area contributed by atoms with Gasteiger partial charge in [-0.25, -0.2) is 0 Å². The molecule has 0 aromatic carbocycles. The molecule has 0 spiro atoms. The zero-order valence-corrected chi connectivity index (χ0v) is 8.66. The van der Waals surface area contributed by atoms with Crippen molar-refractivity contribution in [2.45, 2.75) is 32.3 Å². The molecule has 0 aliphatic heterocycles. The van der Waals surface area contributed by atoms with E-state index < -0.39 is 0 Å². The Balaban J connectivity index is 2.38. The van der Waals surface area contributed by atoms with Crippen LogP contribution in [-0.2, 0) is 6.42 Å². The summed E-state index contributed by atoms with van der Waals surface area (Å²) in [5, 5.41) is 12.1. The number of aryl methyl sites for hydroxylation is 1. The van der Waals surface area contributed by atoms with Gasteiger partial charge in [0.2, 0.25) is 0 Å². The van der Waals surface area contributed by atoms with Crippen LogP contribution in [0, 0.1) is 0 Å². The zero-order valence-electron chi connectivity index (χ0n) is 7.09. The molecular formula is C9H13ClOS. The van der Waals surface area contributed by atoms with Crippen LogP contribution in [0.5, 0.6) is 0 Å². The lowest BCUT2D eigenvalue weighted by molar-refractivity contribution is 0.161. The Hall–Kier alpha value is -0.0500. The number of aliphatic hydroxyl groups excluding tert-OH is 1. The monoisotopic (exact) mass is 204 g/mol. The van der Waals surface area contributed by atoms with Crippen LogP contribution in [0.4, 0.5) is 0 Å². The molecule has 1 N–H and O–H groups in total. The summed E-state index contributed by atoms with van der Waals surface area (Å²) in [7, 11) is 0. The van der Waals surface area contributed by atoms with Crippen LogP contribution in [0.25, 0.3) is 0 Å². The number of aliphatic hydroxyl groups is 1. The van der Waals surface area contributed by atoms with E-state index in [1.807, 2.05) is 18.4 Å². The Morgan fingerprint density at radius 2 is 2.42 bits per heavy atom. The summed E-state index contributed by atoms with van der Waals surface area (Å²) < 4.78 is 0. The average molecular weight is 205 g/mol. The van der Waals surface area contributed by atoms with Gasteiger partial charge in [-0.05, 0) is 30.7 Å². The third-order valence-electron chi connectivity index (χ3n) is 1.87. The molecule has 0 saturated carbocycles. The van der Waals surface area contributed by atoms with Crippen molar-refractivity contribution in [3.8, 4) is 0 Å². The van der Waals surface area contributed by atoms with Gasteiger partial charge in [-0.2, -0.15) is 0 Å². The molecule has 12 heavy (non-hydrogen) atoms. The van der Waals surface area contributed by atoms with Crippen LogP contribution in [0.1, 0.15) is 24.6 Å². The number of rotatable bonds is 4. The molecule has 1 aromatic heterocycles. The molecule has 68 valence electrons. The second-order valence-electron chi connectivity index (χ2n) is 2.79. The first-order chi connectivity index (χ1) is 5.74. The Labute approximate surface area is 82.0 Å². The number of hydrogen-bond acceptors (Lipinski definition) is 2. The van der Waals surface area contributed by atoms with E-state index >= 15 is 0 Å². The molecule has 1 unspecified atom stereocenters.